The summed E-state index contributed by atoms with van der Waals surface area (Å²) in [5, 5.41) is 4.36. The fourth-order valence-corrected chi connectivity index (χ4v) is 3.93. The SMILES string of the molecule is CCOC(=O)C1CCCc2sc(NC(C)CN(C)C)nc21. The fourth-order valence-electron chi connectivity index (χ4n) is 2.76. The summed E-state index contributed by atoms with van der Waals surface area (Å²) in [6.07, 6.45) is 2.90. The molecule has 2 rings (SSSR count). The third-order valence-electron chi connectivity index (χ3n) is 3.53. The van der Waals surface area contributed by atoms with Crippen LogP contribution in [0, 0.1) is 0 Å². The molecule has 21 heavy (non-hydrogen) atoms. The highest BCUT2D eigenvalue weighted by Gasteiger charge is 2.31. The molecule has 1 aromatic heterocycles. The van der Waals surface area contributed by atoms with Gasteiger partial charge in [0.2, 0.25) is 0 Å². The van der Waals surface area contributed by atoms with Gasteiger partial charge >= 0.3 is 5.97 Å². The van der Waals surface area contributed by atoms with Crippen LogP contribution in [0.4, 0.5) is 5.13 Å². The molecule has 0 aromatic carbocycles. The van der Waals surface area contributed by atoms with Gasteiger partial charge in [0, 0.05) is 17.5 Å². The first-order valence-corrected chi connectivity index (χ1v) is 8.40. The number of esters is 1. The van der Waals surface area contributed by atoms with Crippen molar-refractivity contribution in [3.63, 3.8) is 0 Å². The van der Waals surface area contributed by atoms with E-state index in [0.29, 0.717) is 12.6 Å². The molecule has 2 unspecified atom stereocenters. The van der Waals surface area contributed by atoms with E-state index in [9.17, 15) is 4.79 Å². The van der Waals surface area contributed by atoms with Gasteiger partial charge in [-0.05, 0) is 47.2 Å². The monoisotopic (exact) mass is 311 g/mol. The molecule has 6 heteroatoms. The second-order valence-electron chi connectivity index (χ2n) is 5.83. The number of hydrogen-bond donors (Lipinski definition) is 1. The molecule has 0 saturated carbocycles. The summed E-state index contributed by atoms with van der Waals surface area (Å²) in [5.74, 6) is -0.304. The van der Waals surface area contributed by atoms with Gasteiger partial charge in [-0.2, -0.15) is 0 Å². The van der Waals surface area contributed by atoms with E-state index in [4.69, 9.17) is 4.74 Å². The number of nitrogens with one attached hydrogen (secondary N) is 1. The Labute approximate surface area is 130 Å². The van der Waals surface area contributed by atoms with Crippen molar-refractivity contribution in [2.45, 2.75) is 45.1 Å². The van der Waals surface area contributed by atoms with Crippen molar-refractivity contribution in [2.24, 2.45) is 0 Å². The van der Waals surface area contributed by atoms with Crippen molar-refractivity contribution >= 4 is 22.4 Å². The predicted octanol–water partition coefficient (Wildman–Crippen LogP) is 2.49. The first kappa shape index (κ1) is 16.2. The highest BCUT2D eigenvalue weighted by molar-refractivity contribution is 7.15. The minimum atomic E-state index is -0.176. The smallest absolute Gasteiger partial charge is 0.315 e. The number of carbonyl (C=O) groups is 1. The molecular weight excluding hydrogens is 286 g/mol. The Morgan fingerprint density at radius 2 is 2.33 bits per heavy atom. The van der Waals surface area contributed by atoms with Crippen LogP contribution in [0.25, 0.3) is 0 Å². The normalized spacial score (nSPS) is 19.2. The number of hydrogen-bond acceptors (Lipinski definition) is 6. The molecule has 0 fully saturated rings. The van der Waals surface area contributed by atoms with Gasteiger partial charge in [0.1, 0.15) is 5.92 Å². The van der Waals surface area contributed by atoms with Crippen LogP contribution in [-0.4, -0.2) is 49.1 Å². The van der Waals surface area contributed by atoms with Crippen LogP contribution >= 0.6 is 11.3 Å². The van der Waals surface area contributed by atoms with Crippen LogP contribution in [0.3, 0.4) is 0 Å². The zero-order valence-corrected chi connectivity index (χ0v) is 14.1. The molecule has 0 bridgehead atoms. The van der Waals surface area contributed by atoms with E-state index in [0.717, 1.165) is 36.6 Å². The van der Waals surface area contributed by atoms with E-state index in [1.165, 1.54) is 4.88 Å². The fraction of sp³-hybridized carbons (Fsp3) is 0.733. The molecule has 0 radical (unpaired) electrons. The number of fused-ring (bicyclic) bond motifs is 1. The van der Waals surface area contributed by atoms with Crippen molar-refractivity contribution in [3.8, 4) is 0 Å². The number of aryl methyl sites for hydroxylation is 1. The minimum Gasteiger partial charge on any atom is -0.465 e. The summed E-state index contributed by atoms with van der Waals surface area (Å²) in [6, 6.07) is 0.327. The average molecular weight is 311 g/mol. The van der Waals surface area contributed by atoms with Crippen molar-refractivity contribution in [3.05, 3.63) is 10.6 Å². The first-order chi connectivity index (χ1) is 10.0. The Bertz CT molecular complexity index is 487. The zero-order chi connectivity index (χ0) is 15.4. The summed E-state index contributed by atoms with van der Waals surface area (Å²) >= 11 is 1.68. The van der Waals surface area contributed by atoms with Gasteiger partial charge in [-0.1, -0.05) is 0 Å². The highest BCUT2D eigenvalue weighted by Crippen LogP contribution is 2.37. The number of ether oxygens (including phenoxy) is 1. The molecule has 0 saturated heterocycles. The third kappa shape index (κ3) is 4.17. The Morgan fingerprint density at radius 3 is 3.00 bits per heavy atom. The van der Waals surface area contributed by atoms with Crippen molar-refractivity contribution in [2.75, 3.05) is 32.6 Å². The second-order valence-corrected chi connectivity index (χ2v) is 6.92. The standard InChI is InChI=1S/C15H25N3O2S/c1-5-20-14(19)11-7-6-8-12-13(11)17-15(21-12)16-10(2)9-18(3)4/h10-11H,5-9H2,1-4H3,(H,16,17). The Morgan fingerprint density at radius 1 is 1.57 bits per heavy atom. The highest BCUT2D eigenvalue weighted by atomic mass is 32.1. The maximum absolute atomic E-state index is 12.1. The second kappa shape index (κ2) is 7.22. The van der Waals surface area contributed by atoms with Gasteiger partial charge in [-0.25, -0.2) is 4.98 Å². The van der Waals surface area contributed by atoms with Crippen LogP contribution in [0.1, 0.15) is 43.2 Å². The Balaban J connectivity index is 2.09. The van der Waals surface area contributed by atoms with E-state index in [-0.39, 0.29) is 11.9 Å². The molecule has 1 aliphatic carbocycles. The van der Waals surface area contributed by atoms with E-state index in [2.05, 4.69) is 36.2 Å². The lowest BCUT2D eigenvalue weighted by atomic mass is 9.91. The van der Waals surface area contributed by atoms with Crippen LogP contribution in [0.5, 0.6) is 0 Å². The van der Waals surface area contributed by atoms with E-state index < -0.39 is 0 Å². The van der Waals surface area contributed by atoms with E-state index in [1.54, 1.807) is 11.3 Å². The summed E-state index contributed by atoms with van der Waals surface area (Å²) < 4.78 is 5.18. The largest absolute Gasteiger partial charge is 0.465 e. The molecule has 5 nitrogen and oxygen atoms in total. The van der Waals surface area contributed by atoms with Crippen LogP contribution in [0.15, 0.2) is 0 Å². The molecular formula is C15H25N3O2S. The van der Waals surface area contributed by atoms with Crippen molar-refractivity contribution in [1.29, 1.82) is 0 Å². The first-order valence-electron chi connectivity index (χ1n) is 7.58. The maximum Gasteiger partial charge on any atom is 0.315 e. The van der Waals surface area contributed by atoms with Crippen LogP contribution in [0.2, 0.25) is 0 Å². The molecule has 0 spiro atoms. The topological polar surface area (TPSA) is 54.5 Å². The molecule has 0 aliphatic heterocycles. The van der Waals surface area contributed by atoms with Gasteiger partial charge in [0.05, 0.1) is 12.3 Å². The molecule has 2 atom stereocenters. The third-order valence-corrected chi connectivity index (χ3v) is 4.60. The lowest BCUT2D eigenvalue weighted by Crippen LogP contribution is -2.29. The molecule has 1 aliphatic rings. The van der Waals surface area contributed by atoms with Gasteiger partial charge in [0.15, 0.2) is 5.13 Å². The number of rotatable bonds is 6. The number of anilines is 1. The minimum absolute atomic E-state index is 0.128. The van der Waals surface area contributed by atoms with Crippen molar-refractivity contribution in [1.82, 2.24) is 9.88 Å². The summed E-state index contributed by atoms with van der Waals surface area (Å²) in [5.41, 5.74) is 0.934. The van der Waals surface area contributed by atoms with Gasteiger partial charge in [0.25, 0.3) is 0 Å². The number of aromatic nitrogens is 1. The molecule has 0 amide bonds. The summed E-state index contributed by atoms with van der Waals surface area (Å²) in [7, 11) is 4.11. The number of likely N-dealkylation sites (N-methyl/N-ethyl adjacent to an activating group) is 1. The van der Waals surface area contributed by atoms with Crippen molar-refractivity contribution < 1.29 is 9.53 Å². The summed E-state index contributed by atoms with van der Waals surface area (Å²) in [6.45, 7) is 5.37. The average Bonchev–Trinajstić information content (AvgIpc) is 2.79. The predicted molar refractivity (Wildman–Crippen MR) is 86.1 cm³/mol. The lowest BCUT2D eigenvalue weighted by molar-refractivity contribution is -0.145. The number of carbonyl (C=O) groups excluding carboxylic acids is 1. The van der Waals surface area contributed by atoms with Gasteiger partial charge < -0.3 is 15.0 Å². The maximum atomic E-state index is 12.1. The number of thiazole rings is 1. The van der Waals surface area contributed by atoms with E-state index in [1.807, 2.05) is 6.92 Å². The molecule has 1 aromatic rings. The van der Waals surface area contributed by atoms with Crippen LogP contribution < -0.4 is 5.32 Å². The Hall–Kier alpha value is -1.14. The van der Waals surface area contributed by atoms with E-state index >= 15 is 0 Å². The summed E-state index contributed by atoms with van der Waals surface area (Å²) in [4.78, 5) is 20.1. The lowest BCUT2D eigenvalue weighted by Gasteiger charge is -2.19. The number of nitrogens with zero attached hydrogens (tertiary/aromatic N) is 2. The molecule has 118 valence electrons. The quantitative estimate of drug-likeness (QED) is 0.818. The molecule has 1 heterocycles. The Kier molecular flexibility index (Phi) is 5.58. The van der Waals surface area contributed by atoms with Crippen LogP contribution in [-0.2, 0) is 16.0 Å². The molecule has 1 N–H and O–H groups in total. The van der Waals surface area contributed by atoms with Gasteiger partial charge in [-0.15, -0.1) is 11.3 Å². The van der Waals surface area contributed by atoms with Gasteiger partial charge in [-0.3, -0.25) is 4.79 Å². The zero-order valence-electron chi connectivity index (χ0n) is 13.3.